The van der Waals surface area contributed by atoms with Gasteiger partial charge in [-0.05, 0) is 36.8 Å². The Morgan fingerprint density at radius 2 is 2.00 bits per heavy atom. The summed E-state index contributed by atoms with van der Waals surface area (Å²) in [5.41, 5.74) is 1.01. The van der Waals surface area contributed by atoms with Crippen molar-refractivity contribution in [3.05, 3.63) is 52.3 Å². The van der Waals surface area contributed by atoms with Crippen LogP contribution < -0.4 is 5.32 Å². The number of hydrogen-bond acceptors (Lipinski definition) is 2. The molecule has 1 heterocycles. The van der Waals surface area contributed by atoms with Crippen LogP contribution in [0.15, 0.2) is 36.5 Å². The van der Waals surface area contributed by atoms with E-state index < -0.39 is 0 Å². The number of anilines is 1. The van der Waals surface area contributed by atoms with Gasteiger partial charge in [-0.15, -0.1) is 0 Å². The van der Waals surface area contributed by atoms with E-state index in [9.17, 15) is 9.59 Å². The molecule has 24 heavy (non-hydrogen) atoms. The third-order valence-electron chi connectivity index (χ3n) is 3.48. The second-order valence-electron chi connectivity index (χ2n) is 5.40. The van der Waals surface area contributed by atoms with Crippen LogP contribution in [0, 0.1) is 0 Å². The number of rotatable bonds is 6. The molecule has 1 aromatic heterocycles. The van der Waals surface area contributed by atoms with E-state index in [0.717, 1.165) is 6.42 Å². The largest absolute Gasteiger partial charge is 0.347 e. The smallest absolute Gasteiger partial charge is 0.270 e. The summed E-state index contributed by atoms with van der Waals surface area (Å²) in [6, 6.07) is 8.36. The molecule has 0 fully saturated rings. The first-order valence-corrected chi connectivity index (χ1v) is 8.33. The van der Waals surface area contributed by atoms with Gasteiger partial charge in [-0.1, -0.05) is 30.1 Å². The van der Waals surface area contributed by atoms with Crippen molar-refractivity contribution >= 4 is 40.7 Å². The lowest BCUT2D eigenvalue weighted by atomic mass is 10.3. The molecule has 0 aliphatic carbocycles. The number of nitrogens with zero attached hydrogens (tertiary/aromatic N) is 2. The third kappa shape index (κ3) is 4.52. The first-order chi connectivity index (χ1) is 11.4. The van der Waals surface area contributed by atoms with Crippen LogP contribution in [-0.2, 0) is 11.8 Å². The monoisotopic (exact) mass is 367 g/mol. The summed E-state index contributed by atoms with van der Waals surface area (Å²) in [7, 11) is 1.80. The van der Waals surface area contributed by atoms with Crippen LogP contribution in [0.4, 0.5) is 5.69 Å². The van der Waals surface area contributed by atoms with E-state index >= 15 is 0 Å². The summed E-state index contributed by atoms with van der Waals surface area (Å²) < 4.78 is 1.74. The van der Waals surface area contributed by atoms with Gasteiger partial charge in [0.25, 0.3) is 5.91 Å². The van der Waals surface area contributed by atoms with Gasteiger partial charge in [-0.2, -0.15) is 0 Å². The fourth-order valence-electron chi connectivity index (χ4n) is 2.32. The number of aryl methyl sites for hydroxylation is 1. The maximum atomic E-state index is 12.6. The minimum atomic E-state index is -0.310. The van der Waals surface area contributed by atoms with Gasteiger partial charge < -0.3 is 14.8 Å². The number of benzene rings is 1. The van der Waals surface area contributed by atoms with Gasteiger partial charge >= 0.3 is 0 Å². The highest BCUT2D eigenvalue weighted by Crippen LogP contribution is 2.25. The van der Waals surface area contributed by atoms with Crippen molar-refractivity contribution in [1.82, 2.24) is 9.47 Å². The molecule has 0 bridgehead atoms. The van der Waals surface area contributed by atoms with E-state index in [4.69, 9.17) is 23.2 Å². The molecule has 2 aromatic rings. The Morgan fingerprint density at radius 3 is 2.58 bits per heavy atom. The predicted molar refractivity (Wildman–Crippen MR) is 96.7 cm³/mol. The number of nitrogens with one attached hydrogen (secondary N) is 1. The molecule has 0 aliphatic rings. The average molecular weight is 368 g/mol. The molecule has 0 radical (unpaired) electrons. The Balaban J connectivity index is 2.08. The van der Waals surface area contributed by atoms with Crippen molar-refractivity contribution in [2.75, 3.05) is 18.4 Å². The van der Waals surface area contributed by atoms with Crippen molar-refractivity contribution in [2.45, 2.75) is 13.3 Å². The summed E-state index contributed by atoms with van der Waals surface area (Å²) in [5.74, 6) is -0.489. The lowest BCUT2D eigenvalue weighted by Crippen LogP contribution is -2.39. The van der Waals surface area contributed by atoms with Crippen LogP contribution in [0.3, 0.4) is 0 Å². The fraction of sp³-hybridized carbons (Fsp3) is 0.294. The van der Waals surface area contributed by atoms with E-state index in [-0.39, 0.29) is 18.4 Å². The van der Waals surface area contributed by atoms with Gasteiger partial charge in [-0.3, -0.25) is 9.59 Å². The Labute approximate surface area is 151 Å². The molecule has 0 aliphatic heterocycles. The number of carbonyl (C=O) groups excluding carboxylic acids is 2. The van der Waals surface area contributed by atoms with E-state index in [1.807, 2.05) is 6.92 Å². The number of aromatic nitrogens is 1. The number of amides is 2. The van der Waals surface area contributed by atoms with Gasteiger partial charge in [0.1, 0.15) is 12.2 Å². The summed E-state index contributed by atoms with van der Waals surface area (Å²) >= 11 is 11.9. The topological polar surface area (TPSA) is 54.3 Å². The van der Waals surface area contributed by atoms with Crippen LogP contribution in [-0.4, -0.2) is 34.4 Å². The Bertz CT molecular complexity index is 743. The van der Waals surface area contributed by atoms with Crippen molar-refractivity contribution in [2.24, 2.45) is 7.05 Å². The van der Waals surface area contributed by atoms with Crippen molar-refractivity contribution in [3.8, 4) is 0 Å². The van der Waals surface area contributed by atoms with Crippen molar-refractivity contribution in [3.63, 3.8) is 0 Å². The second kappa shape index (κ2) is 8.22. The molecule has 1 N–H and O–H groups in total. The van der Waals surface area contributed by atoms with Gasteiger partial charge in [0, 0.05) is 24.8 Å². The molecule has 0 atom stereocenters. The lowest BCUT2D eigenvalue weighted by Gasteiger charge is -2.22. The van der Waals surface area contributed by atoms with E-state index in [1.54, 1.807) is 48.1 Å². The van der Waals surface area contributed by atoms with Gasteiger partial charge in [0.15, 0.2) is 0 Å². The molecule has 128 valence electrons. The summed E-state index contributed by atoms with van der Waals surface area (Å²) in [4.78, 5) is 26.4. The number of hydrogen-bond donors (Lipinski definition) is 1. The Kier molecular flexibility index (Phi) is 6.29. The molecule has 5 nitrogen and oxygen atoms in total. The highest BCUT2D eigenvalue weighted by molar-refractivity contribution is 6.36. The summed E-state index contributed by atoms with van der Waals surface area (Å²) in [5, 5.41) is 3.55. The zero-order valence-corrected chi connectivity index (χ0v) is 15.1. The predicted octanol–water partition coefficient (Wildman–Crippen LogP) is 3.82. The highest BCUT2D eigenvalue weighted by Gasteiger charge is 2.20. The molecule has 2 amide bonds. The molecule has 0 saturated carbocycles. The molecule has 7 heteroatoms. The maximum absolute atomic E-state index is 12.6. The van der Waals surface area contributed by atoms with Crippen LogP contribution >= 0.6 is 23.2 Å². The van der Waals surface area contributed by atoms with E-state index in [0.29, 0.717) is 28.0 Å². The third-order valence-corrected chi connectivity index (χ3v) is 4.03. The molecular formula is C17H19Cl2N3O2. The van der Waals surface area contributed by atoms with Crippen LogP contribution in [0.1, 0.15) is 23.8 Å². The van der Waals surface area contributed by atoms with Crippen LogP contribution in [0.5, 0.6) is 0 Å². The first kappa shape index (κ1) is 18.4. The van der Waals surface area contributed by atoms with Gasteiger partial charge in [0.2, 0.25) is 5.91 Å². The average Bonchev–Trinajstić information content (AvgIpc) is 2.95. The summed E-state index contributed by atoms with van der Waals surface area (Å²) in [6.45, 7) is 2.40. The van der Waals surface area contributed by atoms with Crippen LogP contribution in [0.25, 0.3) is 0 Å². The Morgan fingerprint density at radius 1 is 1.25 bits per heavy atom. The molecule has 0 spiro atoms. The molecular weight excluding hydrogens is 349 g/mol. The zero-order valence-electron chi connectivity index (χ0n) is 13.6. The number of halogens is 2. The van der Waals surface area contributed by atoms with Crippen molar-refractivity contribution < 1.29 is 9.59 Å². The molecule has 0 saturated heterocycles. The van der Waals surface area contributed by atoms with Crippen LogP contribution in [0.2, 0.25) is 10.0 Å². The lowest BCUT2D eigenvalue weighted by molar-refractivity contribution is -0.116. The highest BCUT2D eigenvalue weighted by atomic mass is 35.5. The van der Waals surface area contributed by atoms with Gasteiger partial charge in [0.05, 0.1) is 10.7 Å². The minimum absolute atomic E-state index is 0.0448. The zero-order chi connectivity index (χ0) is 17.7. The summed E-state index contributed by atoms with van der Waals surface area (Å²) in [6.07, 6.45) is 2.55. The van der Waals surface area contributed by atoms with Gasteiger partial charge in [-0.25, -0.2) is 0 Å². The van der Waals surface area contributed by atoms with Crippen molar-refractivity contribution in [1.29, 1.82) is 0 Å². The Hall–Kier alpha value is -1.98. The molecule has 1 aromatic carbocycles. The number of carbonyl (C=O) groups is 2. The fourth-order valence-corrected chi connectivity index (χ4v) is 2.78. The standard InChI is InChI=1S/C17H19Cl2N3O2/c1-3-8-22(17(24)15-5-4-9-21(15)2)11-16(23)20-14-7-6-12(18)10-13(14)19/h4-7,9-10H,3,8,11H2,1-2H3,(H,20,23). The second-order valence-corrected chi connectivity index (χ2v) is 6.25. The first-order valence-electron chi connectivity index (χ1n) is 7.58. The van der Waals surface area contributed by atoms with E-state index in [1.165, 1.54) is 4.90 Å². The SMILES string of the molecule is CCCN(CC(=O)Nc1ccc(Cl)cc1Cl)C(=O)c1cccn1C. The molecule has 2 rings (SSSR count). The minimum Gasteiger partial charge on any atom is -0.347 e. The molecule has 0 unspecified atom stereocenters. The van der Waals surface area contributed by atoms with E-state index in [2.05, 4.69) is 5.32 Å². The normalized spacial score (nSPS) is 10.5. The maximum Gasteiger partial charge on any atom is 0.270 e. The quantitative estimate of drug-likeness (QED) is 0.843.